The van der Waals surface area contributed by atoms with Gasteiger partial charge in [-0.2, -0.15) is 0 Å². The number of likely N-dealkylation sites (N-methyl/N-ethyl adjacent to an activating group) is 1. The van der Waals surface area contributed by atoms with Gasteiger partial charge in [-0.1, -0.05) is 18.2 Å². The zero-order chi connectivity index (χ0) is 15.4. The molecule has 0 spiro atoms. The van der Waals surface area contributed by atoms with Crippen molar-refractivity contribution in [2.24, 2.45) is 0 Å². The lowest BCUT2D eigenvalue weighted by Gasteiger charge is -2.21. The van der Waals surface area contributed by atoms with Gasteiger partial charge in [-0.3, -0.25) is 0 Å². The standard InChI is InChI=1S/C18H22FNO/c1-12-5-8-16(18(9-12)21-4)17(20-3)11-14-10-15(19)7-6-13(14)2/h5-10,17,20H,11H2,1-4H3. The van der Waals surface area contributed by atoms with Gasteiger partial charge in [0.25, 0.3) is 0 Å². The van der Waals surface area contributed by atoms with Crippen molar-refractivity contribution < 1.29 is 9.13 Å². The lowest BCUT2D eigenvalue weighted by atomic mass is 9.95. The van der Waals surface area contributed by atoms with Crippen molar-refractivity contribution in [2.75, 3.05) is 14.2 Å². The Bertz CT molecular complexity index is 625. The molecule has 21 heavy (non-hydrogen) atoms. The maximum absolute atomic E-state index is 13.5. The molecule has 0 radical (unpaired) electrons. The second-order valence-corrected chi connectivity index (χ2v) is 5.36. The molecular formula is C18H22FNO. The molecule has 3 heteroatoms. The highest BCUT2D eigenvalue weighted by atomic mass is 19.1. The van der Waals surface area contributed by atoms with E-state index in [1.807, 2.05) is 33.0 Å². The van der Waals surface area contributed by atoms with E-state index in [0.29, 0.717) is 0 Å². The van der Waals surface area contributed by atoms with Crippen molar-refractivity contribution in [3.8, 4) is 5.75 Å². The maximum Gasteiger partial charge on any atom is 0.123 e. The molecule has 1 atom stereocenters. The predicted octanol–water partition coefficient (Wildman–Crippen LogP) is 3.95. The summed E-state index contributed by atoms with van der Waals surface area (Å²) < 4.78 is 18.9. The number of benzene rings is 2. The van der Waals surface area contributed by atoms with Crippen LogP contribution in [0.5, 0.6) is 5.75 Å². The largest absolute Gasteiger partial charge is 0.496 e. The summed E-state index contributed by atoms with van der Waals surface area (Å²) in [6, 6.07) is 11.2. The zero-order valence-electron chi connectivity index (χ0n) is 13.0. The van der Waals surface area contributed by atoms with Gasteiger partial charge in [0.2, 0.25) is 0 Å². The fraction of sp³-hybridized carbons (Fsp3) is 0.333. The Morgan fingerprint density at radius 2 is 1.90 bits per heavy atom. The molecule has 0 aliphatic rings. The summed E-state index contributed by atoms with van der Waals surface area (Å²) in [5, 5.41) is 3.31. The van der Waals surface area contributed by atoms with Gasteiger partial charge in [0.15, 0.2) is 0 Å². The van der Waals surface area contributed by atoms with E-state index in [-0.39, 0.29) is 11.9 Å². The number of rotatable bonds is 5. The Morgan fingerprint density at radius 3 is 2.57 bits per heavy atom. The van der Waals surface area contributed by atoms with Gasteiger partial charge in [-0.25, -0.2) is 4.39 Å². The first-order valence-corrected chi connectivity index (χ1v) is 7.12. The predicted molar refractivity (Wildman–Crippen MR) is 84.4 cm³/mol. The summed E-state index contributed by atoms with van der Waals surface area (Å²) in [5.74, 6) is 0.671. The maximum atomic E-state index is 13.5. The van der Waals surface area contributed by atoms with Crippen molar-refractivity contribution in [1.82, 2.24) is 5.32 Å². The molecule has 0 fully saturated rings. The molecule has 0 aromatic heterocycles. The fourth-order valence-corrected chi connectivity index (χ4v) is 2.55. The van der Waals surface area contributed by atoms with Crippen LogP contribution in [0.4, 0.5) is 4.39 Å². The molecule has 0 heterocycles. The SMILES string of the molecule is CNC(Cc1cc(F)ccc1C)c1ccc(C)cc1OC. The normalized spacial score (nSPS) is 12.2. The summed E-state index contributed by atoms with van der Waals surface area (Å²) in [7, 11) is 3.59. The molecule has 0 aliphatic carbocycles. The Balaban J connectivity index is 2.34. The van der Waals surface area contributed by atoms with E-state index >= 15 is 0 Å². The van der Waals surface area contributed by atoms with E-state index in [1.54, 1.807) is 13.2 Å². The van der Waals surface area contributed by atoms with Crippen LogP contribution in [0.2, 0.25) is 0 Å². The highest BCUT2D eigenvalue weighted by Crippen LogP contribution is 2.29. The Kier molecular flexibility index (Phi) is 4.97. The molecule has 1 N–H and O–H groups in total. The van der Waals surface area contributed by atoms with Crippen LogP contribution >= 0.6 is 0 Å². The number of hydrogen-bond acceptors (Lipinski definition) is 2. The second kappa shape index (κ2) is 6.72. The van der Waals surface area contributed by atoms with Gasteiger partial charge in [0.1, 0.15) is 11.6 Å². The molecule has 2 aromatic carbocycles. The first-order valence-electron chi connectivity index (χ1n) is 7.12. The first kappa shape index (κ1) is 15.5. The van der Waals surface area contributed by atoms with Crippen molar-refractivity contribution in [3.05, 3.63) is 64.5 Å². The van der Waals surface area contributed by atoms with Crippen LogP contribution in [0, 0.1) is 19.7 Å². The van der Waals surface area contributed by atoms with E-state index in [0.717, 1.165) is 34.4 Å². The van der Waals surface area contributed by atoms with Gasteiger partial charge >= 0.3 is 0 Å². The van der Waals surface area contributed by atoms with Gasteiger partial charge in [-0.05, 0) is 62.2 Å². The van der Waals surface area contributed by atoms with Gasteiger partial charge < -0.3 is 10.1 Å². The molecule has 0 aliphatic heterocycles. The summed E-state index contributed by atoms with van der Waals surface area (Å²) >= 11 is 0. The van der Waals surface area contributed by atoms with E-state index < -0.39 is 0 Å². The molecule has 0 saturated carbocycles. The van der Waals surface area contributed by atoms with Crippen molar-refractivity contribution >= 4 is 0 Å². The van der Waals surface area contributed by atoms with Crippen LogP contribution in [-0.2, 0) is 6.42 Å². The number of aryl methyl sites for hydroxylation is 2. The summed E-state index contributed by atoms with van der Waals surface area (Å²) in [6.07, 6.45) is 0.722. The number of hydrogen-bond donors (Lipinski definition) is 1. The molecule has 0 saturated heterocycles. The van der Waals surface area contributed by atoms with Crippen molar-refractivity contribution in [2.45, 2.75) is 26.3 Å². The molecule has 0 amide bonds. The monoisotopic (exact) mass is 287 g/mol. The minimum Gasteiger partial charge on any atom is -0.496 e. The van der Waals surface area contributed by atoms with Crippen LogP contribution in [0.3, 0.4) is 0 Å². The topological polar surface area (TPSA) is 21.3 Å². The fourth-order valence-electron chi connectivity index (χ4n) is 2.55. The number of ether oxygens (including phenoxy) is 1. The highest BCUT2D eigenvalue weighted by molar-refractivity contribution is 5.40. The average Bonchev–Trinajstić information content (AvgIpc) is 2.48. The van der Waals surface area contributed by atoms with E-state index in [1.165, 1.54) is 6.07 Å². The average molecular weight is 287 g/mol. The third kappa shape index (κ3) is 3.61. The molecule has 2 nitrogen and oxygen atoms in total. The van der Waals surface area contributed by atoms with Gasteiger partial charge in [-0.15, -0.1) is 0 Å². The number of halogens is 1. The third-order valence-electron chi connectivity index (χ3n) is 3.85. The van der Waals surface area contributed by atoms with Gasteiger partial charge in [0, 0.05) is 11.6 Å². The van der Waals surface area contributed by atoms with Crippen LogP contribution in [0.15, 0.2) is 36.4 Å². The summed E-state index contributed by atoms with van der Waals surface area (Å²) in [4.78, 5) is 0. The lowest BCUT2D eigenvalue weighted by Crippen LogP contribution is -2.20. The quantitative estimate of drug-likeness (QED) is 0.899. The third-order valence-corrected chi connectivity index (χ3v) is 3.85. The minimum absolute atomic E-state index is 0.0843. The molecule has 112 valence electrons. The smallest absolute Gasteiger partial charge is 0.123 e. The van der Waals surface area contributed by atoms with Crippen LogP contribution in [0.1, 0.15) is 28.3 Å². The molecule has 2 aromatic rings. The molecule has 2 rings (SSSR count). The van der Waals surface area contributed by atoms with Crippen LogP contribution in [-0.4, -0.2) is 14.2 Å². The number of methoxy groups -OCH3 is 1. The van der Waals surface area contributed by atoms with E-state index in [9.17, 15) is 4.39 Å². The first-order chi connectivity index (χ1) is 10.0. The van der Waals surface area contributed by atoms with Crippen molar-refractivity contribution in [1.29, 1.82) is 0 Å². The van der Waals surface area contributed by atoms with Crippen LogP contribution in [0.25, 0.3) is 0 Å². The summed E-state index contributed by atoms with van der Waals surface area (Å²) in [6.45, 7) is 4.05. The second-order valence-electron chi connectivity index (χ2n) is 5.36. The Morgan fingerprint density at radius 1 is 1.14 bits per heavy atom. The Hall–Kier alpha value is -1.87. The van der Waals surface area contributed by atoms with E-state index in [2.05, 4.69) is 17.4 Å². The molecule has 1 unspecified atom stereocenters. The minimum atomic E-state index is -0.193. The zero-order valence-corrected chi connectivity index (χ0v) is 13.0. The van der Waals surface area contributed by atoms with Crippen molar-refractivity contribution in [3.63, 3.8) is 0 Å². The van der Waals surface area contributed by atoms with Gasteiger partial charge in [0.05, 0.1) is 7.11 Å². The number of nitrogens with one attached hydrogen (secondary N) is 1. The summed E-state index contributed by atoms with van der Waals surface area (Å²) in [5.41, 5.74) is 4.36. The molecule has 0 bridgehead atoms. The molecular weight excluding hydrogens is 265 g/mol. The lowest BCUT2D eigenvalue weighted by molar-refractivity contribution is 0.401. The highest BCUT2D eigenvalue weighted by Gasteiger charge is 2.16. The van der Waals surface area contributed by atoms with E-state index in [4.69, 9.17) is 4.74 Å². The Labute approximate surface area is 126 Å². The van der Waals surface area contributed by atoms with Crippen LogP contribution < -0.4 is 10.1 Å².